The summed E-state index contributed by atoms with van der Waals surface area (Å²) in [6, 6.07) is 0. The van der Waals surface area contributed by atoms with E-state index >= 15 is 0 Å². The zero-order valence-electron chi connectivity index (χ0n) is 9.45. The second-order valence-electron chi connectivity index (χ2n) is 3.65. The zero-order chi connectivity index (χ0) is 11.7. The van der Waals surface area contributed by atoms with Crippen LogP contribution in [0.5, 0.6) is 0 Å². The van der Waals surface area contributed by atoms with Crippen LogP contribution in [0.25, 0.3) is 0 Å². The van der Waals surface area contributed by atoms with E-state index in [-0.39, 0.29) is 6.42 Å². The number of rotatable bonds is 8. The van der Waals surface area contributed by atoms with E-state index in [9.17, 15) is 14.7 Å². The summed E-state index contributed by atoms with van der Waals surface area (Å²) in [5, 5.41) is 10.4. The molecule has 0 N–H and O–H groups in total. The Balaban J connectivity index is 3.90. The Morgan fingerprint density at radius 1 is 1.27 bits per heavy atom. The van der Waals surface area contributed by atoms with Gasteiger partial charge in [-0.1, -0.05) is 32.6 Å². The molecule has 0 bridgehead atoms. The number of hydrogen-bond acceptors (Lipinski definition) is 4. The van der Waals surface area contributed by atoms with Crippen LogP contribution >= 0.6 is 0 Å². The minimum atomic E-state index is -1.19. The first-order valence-corrected chi connectivity index (χ1v) is 5.39. The highest BCUT2D eigenvalue weighted by molar-refractivity contribution is 5.78. The van der Waals surface area contributed by atoms with Gasteiger partial charge in [0.2, 0.25) is 0 Å². The Hall–Kier alpha value is -1.06. The van der Waals surface area contributed by atoms with Gasteiger partial charge in [-0.3, -0.25) is 4.79 Å². The Bertz CT molecular complexity index is 201. The van der Waals surface area contributed by atoms with Crippen molar-refractivity contribution in [3.05, 3.63) is 0 Å². The molecule has 0 amide bonds. The Morgan fingerprint density at radius 3 is 2.40 bits per heavy atom. The van der Waals surface area contributed by atoms with Gasteiger partial charge in [0.25, 0.3) is 0 Å². The van der Waals surface area contributed by atoms with Gasteiger partial charge in [0.1, 0.15) is 0 Å². The van der Waals surface area contributed by atoms with Crippen LogP contribution in [-0.2, 0) is 14.3 Å². The minimum absolute atomic E-state index is 0.237. The van der Waals surface area contributed by atoms with Crippen LogP contribution in [0, 0.1) is 5.92 Å². The molecule has 0 spiro atoms. The van der Waals surface area contributed by atoms with Crippen molar-refractivity contribution in [1.82, 2.24) is 0 Å². The van der Waals surface area contributed by atoms with Crippen LogP contribution in [0.1, 0.15) is 45.4 Å². The molecule has 0 aliphatic carbocycles. The number of hydrogen-bond donors (Lipinski definition) is 0. The summed E-state index contributed by atoms with van der Waals surface area (Å²) in [7, 11) is 1.27. The summed E-state index contributed by atoms with van der Waals surface area (Å²) >= 11 is 0. The molecule has 0 aromatic heterocycles. The van der Waals surface area contributed by atoms with E-state index in [0.29, 0.717) is 6.42 Å². The first-order chi connectivity index (χ1) is 7.11. The van der Waals surface area contributed by atoms with E-state index in [1.165, 1.54) is 7.11 Å². The summed E-state index contributed by atoms with van der Waals surface area (Å²) in [4.78, 5) is 21.6. The van der Waals surface area contributed by atoms with E-state index in [1.54, 1.807) is 0 Å². The molecule has 0 aromatic rings. The van der Waals surface area contributed by atoms with E-state index in [4.69, 9.17) is 0 Å². The van der Waals surface area contributed by atoms with Crippen LogP contribution in [0.3, 0.4) is 0 Å². The topological polar surface area (TPSA) is 66.4 Å². The first kappa shape index (κ1) is 13.9. The highest BCUT2D eigenvalue weighted by Gasteiger charge is 2.18. The summed E-state index contributed by atoms with van der Waals surface area (Å²) in [5.41, 5.74) is 0. The SMILES string of the molecule is CCCCCCC(CC(=O)[O-])C(=O)OC. The fraction of sp³-hybridized carbons (Fsp3) is 0.818. The lowest BCUT2D eigenvalue weighted by Gasteiger charge is -2.14. The molecular weight excluding hydrogens is 196 g/mol. The quantitative estimate of drug-likeness (QED) is 0.445. The van der Waals surface area contributed by atoms with Crippen molar-refractivity contribution in [2.45, 2.75) is 45.4 Å². The minimum Gasteiger partial charge on any atom is -0.550 e. The fourth-order valence-electron chi connectivity index (χ4n) is 1.49. The van der Waals surface area contributed by atoms with Crippen LogP contribution < -0.4 is 5.11 Å². The third kappa shape index (κ3) is 6.94. The number of carbonyl (C=O) groups is 2. The average molecular weight is 215 g/mol. The van der Waals surface area contributed by atoms with Crippen LogP contribution in [0.4, 0.5) is 0 Å². The smallest absolute Gasteiger partial charge is 0.309 e. The second kappa shape index (κ2) is 8.26. The molecule has 0 heterocycles. The number of carboxylic acid groups (broad SMARTS) is 1. The zero-order valence-corrected chi connectivity index (χ0v) is 9.45. The largest absolute Gasteiger partial charge is 0.550 e. The van der Waals surface area contributed by atoms with Gasteiger partial charge in [0, 0.05) is 12.4 Å². The first-order valence-electron chi connectivity index (χ1n) is 5.39. The lowest BCUT2D eigenvalue weighted by Crippen LogP contribution is -2.29. The molecule has 15 heavy (non-hydrogen) atoms. The molecule has 0 fully saturated rings. The van der Waals surface area contributed by atoms with Crippen LogP contribution in [0.2, 0.25) is 0 Å². The molecule has 0 saturated carbocycles. The summed E-state index contributed by atoms with van der Waals surface area (Å²) < 4.78 is 4.54. The van der Waals surface area contributed by atoms with Crippen LogP contribution in [-0.4, -0.2) is 19.0 Å². The monoisotopic (exact) mass is 215 g/mol. The molecule has 1 unspecified atom stereocenters. The molecule has 88 valence electrons. The molecule has 4 nitrogen and oxygen atoms in total. The van der Waals surface area contributed by atoms with Gasteiger partial charge in [0.05, 0.1) is 13.0 Å². The van der Waals surface area contributed by atoms with Crippen molar-refractivity contribution >= 4 is 11.9 Å². The van der Waals surface area contributed by atoms with E-state index in [1.807, 2.05) is 0 Å². The normalized spacial score (nSPS) is 12.1. The van der Waals surface area contributed by atoms with Crippen molar-refractivity contribution < 1.29 is 19.4 Å². The third-order valence-electron chi connectivity index (χ3n) is 2.35. The molecule has 0 saturated heterocycles. The lowest BCUT2D eigenvalue weighted by molar-refractivity contribution is -0.306. The Labute approximate surface area is 90.6 Å². The van der Waals surface area contributed by atoms with Crippen molar-refractivity contribution in [3.8, 4) is 0 Å². The molecule has 0 radical (unpaired) electrons. The van der Waals surface area contributed by atoms with Gasteiger partial charge in [-0.2, -0.15) is 0 Å². The molecule has 0 aliphatic rings. The van der Waals surface area contributed by atoms with Crippen molar-refractivity contribution in [2.24, 2.45) is 5.92 Å². The van der Waals surface area contributed by atoms with E-state index in [2.05, 4.69) is 11.7 Å². The highest BCUT2D eigenvalue weighted by atomic mass is 16.5. The maximum absolute atomic E-state index is 11.2. The number of carboxylic acids is 1. The van der Waals surface area contributed by atoms with Crippen molar-refractivity contribution in [2.75, 3.05) is 7.11 Å². The lowest BCUT2D eigenvalue weighted by atomic mass is 9.97. The van der Waals surface area contributed by atoms with Gasteiger partial charge >= 0.3 is 5.97 Å². The molecule has 0 aliphatic heterocycles. The fourth-order valence-corrected chi connectivity index (χ4v) is 1.49. The molecular formula is C11H19O4-. The van der Waals surface area contributed by atoms with Gasteiger partial charge in [-0.25, -0.2) is 0 Å². The van der Waals surface area contributed by atoms with Gasteiger partial charge in [0.15, 0.2) is 0 Å². The Morgan fingerprint density at radius 2 is 1.93 bits per heavy atom. The second-order valence-corrected chi connectivity index (χ2v) is 3.65. The van der Waals surface area contributed by atoms with Crippen molar-refractivity contribution in [3.63, 3.8) is 0 Å². The van der Waals surface area contributed by atoms with Gasteiger partial charge < -0.3 is 14.6 Å². The summed E-state index contributed by atoms with van der Waals surface area (Å²) in [6.07, 6.45) is 4.44. The number of aliphatic carboxylic acids is 1. The predicted octanol–water partition coefficient (Wildman–Crippen LogP) is 0.886. The van der Waals surface area contributed by atoms with Gasteiger partial charge in [-0.05, 0) is 6.42 Å². The van der Waals surface area contributed by atoms with E-state index < -0.39 is 17.9 Å². The number of methoxy groups -OCH3 is 1. The summed E-state index contributed by atoms with van der Waals surface area (Å²) in [6.45, 7) is 2.10. The maximum Gasteiger partial charge on any atom is 0.309 e. The molecule has 0 aromatic carbocycles. The highest BCUT2D eigenvalue weighted by Crippen LogP contribution is 2.15. The number of ether oxygens (including phenoxy) is 1. The number of carbonyl (C=O) groups excluding carboxylic acids is 2. The standard InChI is InChI=1S/C11H20O4/c1-3-4-5-6-7-9(8-10(12)13)11(14)15-2/h9H,3-8H2,1-2H3,(H,12,13)/p-1. The number of esters is 1. The molecule has 4 heteroatoms. The average Bonchev–Trinajstić information content (AvgIpc) is 2.21. The summed E-state index contributed by atoms with van der Waals surface area (Å²) in [5.74, 6) is -2.19. The molecule has 1 atom stereocenters. The van der Waals surface area contributed by atoms with Crippen molar-refractivity contribution in [1.29, 1.82) is 0 Å². The Kier molecular flexibility index (Phi) is 7.68. The van der Waals surface area contributed by atoms with Gasteiger partial charge in [-0.15, -0.1) is 0 Å². The van der Waals surface area contributed by atoms with E-state index in [0.717, 1.165) is 25.7 Å². The third-order valence-corrected chi connectivity index (χ3v) is 2.35. The number of unbranched alkanes of at least 4 members (excludes halogenated alkanes) is 3. The molecule has 0 rings (SSSR count). The van der Waals surface area contributed by atoms with Crippen LogP contribution in [0.15, 0.2) is 0 Å². The maximum atomic E-state index is 11.2. The predicted molar refractivity (Wildman–Crippen MR) is 53.9 cm³/mol.